The van der Waals surface area contributed by atoms with E-state index in [1.54, 1.807) is 6.07 Å². The lowest BCUT2D eigenvalue weighted by atomic mass is 10.1. The predicted octanol–water partition coefficient (Wildman–Crippen LogP) is 2.94. The molecule has 2 rings (SSSR count). The van der Waals surface area contributed by atoms with E-state index in [1.165, 1.54) is 0 Å². The number of nitrogen functional groups attached to an aromatic ring is 1. The van der Waals surface area contributed by atoms with Crippen LogP contribution in [0.25, 0.3) is 11.4 Å². The number of aromatic nitrogens is 4. The summed E-state index contributed by atoms with van der Waals surface area (Å²) in [7, 11) is 0. The first-order chi connectivity index (χ1) is 8.61. The van der Waals surface area contributed by atoms with Crippen LogP contribution >= 0.6 is 11.6 Å². The monoisotopic (exact) mass is 265 g/mol. The second-order valence-electron chi connectivity index (χ2n) is 4.36. The molecule has 0 aliphatic rings. The number of nitrogens with zero attached hydrogens (tertiary/aromatic N) is 4. The SMILES string of the molecule is CCCC(C)n1nnnc1-c1cc(N)cc(Cl)c1. The highest BCUT2D eigenvalue weighted by Gasteiger charge is 2.14. The lowest BCUT2D eigenvalue weighted by molar-refractivity contribution is 0.447. The molecule has 18 heavy (non-hydrogen) atoms. The topological polar surface area (TPSA) is 69.6 Å². The van der Waals surface area contributed by atoms with E-state index in [2.05, 4.69) is 29.4 Å². The van der Waals surface area contributed by atoms with Gasteiger partial charge in [0.2, 0.25) is 0 Å². The summed E-state index contributed by atoms with van der Waals surface area (Å²) >= 11 is 6.00. The van der Waals surface area contributed by atoms with E-state index in [9.17, 15) is 0 Å². The third-order valence-corrected chi connectivity index (χ3v) is 3.01. The van der Waals surface area contributed by atoms with Crippen LogP contribution in [0.1, 0.15) is 32.7 Å². The minimum atomic E-state index is 0.250. The van der Waals surface area contributed by atoms with Crippen LogP contribution in [0.5, 0.6) is 0 Å². The molecule has 5 nitrogen and oxygen atoms in total. The van der Waals surface area contributed by atoms with Gasteiger partial charge in [-0.2, -0.15) is 0 Å². The fourth-order valence-electron chi connectivity index (χ4n) is 1.96. The van der Waals surface area contributed by atoms with Crippen LogP contribution in [0.4, 0.5) is 5.69 Å². The maximum absolute atomic E-state index is 6.00. The number of benzene rings is 1. The van der Waals surface area contributed by atoms with Gasteiger partial charge in [0.15, 0.2) is 5.82 Å². The number of halogens is 1. The lowest BCUT2D eigenvalue weighted by Gasteiger charge is -2.12. The molecular formula is C12H16ClN5. The summed E-state index contributed by atoms with van der Waals surface area (Å²) in [6.07, 6.45) is 2.10. The van der Waals surface area contributed by atoms with Crippen molar-refractivity contribution in [3.63, 3.8) is 0 Å². The summed E-state index contributed by atoms with van der Waals surface area (Å²) in [6.45, 7) is 4.23. The maximum atomic E-state index is 6.00. The quantitative estimate of drug-likeness (QED) is 0.863. The third kappa shape index (κ3) is 2.61. The van der Waals surface area contributed by atoms with E-state index in [-0.39, 0.29) is 6.04 Å². The van der Waals surface area contributed by atoms with Gasteiger partial charge in [0.1, 0.15) is 0 Å². The van der Waals surface area contributed by atoms with Gasteiger partial charge in [0.05, 0.1) is 6.04 Å². The highest BCUT2D eigenvalue weighted by molar-refractivity contribution is 6.31. The van der Waals surface area contributed by atoms with Crippen molar-refractivity contribution in [2.75, 3.05) is 5.73 Å². The van der Waals surface area contributed by atoms with Crippen LogP contribution in [0.3, 0.4) is 0 Å². The lowest BCUT2D eigenvalue weighted by Crippen LogP contribution is -2.09. The van der Waals surface area contributed by atoms with E-state index >= 15 is 0 Å². The Morgan fingerprint density at radius 1 is 1.39 bits per heavy atom. The average molecular weight is 266 g/mol. The molecule has 0 aliphatic carbocycles. The molecule has 1 heterocycles. The zero-order valence-corrected chi connectivity index (χ0v) is 11.2. The summed E-state index contributed by atoms with van der Waals surface area (Å²) in [6, 6.07) is 5.60. The van der Waals surface area contributed by atoms with Crippen molar-refractivity contribution >= 4 is 17.3 Å². The molecule has 1 atom stereocenters. The van der Waals surface area contributed by atoms with Crippen molar-refractivity contribution in [2.24, 2.45) is 0 Å². The van der Waals surface area contributed by atoms with Crippen molar-refractivity contribution < 1.29 is 0 Å². The molecule has 0 spiro atoms. The van der Waals surface area contributed by atoms with E-state index in [0.29, 0.717) is 16.5 Å². The van der Waals surface area contributed by atoms with E-state index < -0.39 is 0 Å². The molecule has 1 aromatic heterocycles. The molecule has 2 aromatic rings. The van der Waals surface area contributed by atoms with Gasteiger partial charge < -0.3 is 5.73 Å². The fourth-order valence-corrected chi connectivity index (χ4v) is 2.21. The van der Waals surface area contributed by atoms with E-state index in [4.69, 9.17) is 17.3 Å². The third-order valence-electron chi connectivity index (χ3n) is 2.80. The van der Waals surface area contributed by atoms with E-state index in [0.717, 1.165) is 18.4 Å². The summed E-state index contributed by atoms with van der Waals surface area (Å²) in [5, 5.41) is 12.4. The van der Waals surface area contributed by atoms with Crippen molar-refractivity contribution in [3.8, 4) is 11.4 Å². The number of hydrogen-bond acceptors (Lipinski definition) is 4. The standard InChI is InChI=1S/C12H16ClN5/c1-3-4-8(2)18-12(15-16-17-18)9-5-10(13)7-11(14)6-9/h5-8H,3-4,14H2,1-2H3. The largest absolute Gasteiger partial charge is 0.399 e. The Morgan fingerprint density at radius 2 is 2.17 bits per heavy atom. The Bertz CT molecular complexity index is 517. The number of anilines is 1. The normalized spacial score (nSPS) is 12.6. The van der Waals surface area contributed by atoms with E-state index in [1.807, 2.05) is 16.8 Å². The Hall–Kier alpha value is -1.62. The highest BCUT2D eigenvalue weighted by atomic mass is 35.5. The van der Waals surface area contributed by atoms with Gasteiger partial charge in [-0.05, 0) is 42.0 Å². The number of rotatable bonds is 4. The van der Waals surface area contributed by atoms with Crippen LogP contribution in [0.2, 0.25) is 5.02 Å². The summed E-state index contributed by atoms with van der Waals surface area (Å²) in [5.74, 6) is 0.699. The minimum Gasteiger partial charge on any atom is -0.399 e. The molecule has 1 unspecified atom stereocenters. The maximum Gasteiger partial charge on any atom is 0.182 e. The Kier molecular flexibility index (Phi) is 3.81. The average Bonchev–Trinajstić information content (AvgIpc) is 2.76. The van der Waals surface area contributed by atoms with Crippen molar-refractivity contribution in [1.82, 2.24) is 20.2 Å². The van der Waals surface area contributed by atoms with Gasteiger partial charge in [-0.3, -0.25) is 0 Å². The Balaban J connectivity index is 2.42. The molecule has 0 amide bonds. The second-order valence-corrected chi connectivity index (χ2v) is 4.79. The van der Waals surface area contributed by atoms with Gasteiger partial charge in [0.25, 0.3) is 0 Å². The summed E-state index contributed by atoms with van der Waals surface area (Å²) < 4.78 is 1.81. The van der Waals surface area contributed by atoms with Crippen molar-refractivity contribution in [2.45, 2.75) is 32.7 Å². The summed E-state index contributed by atoms with van der Waals surface area (Å²) in [4.78, 5) is 0. The molecule has 0 saturated carbocycles. The second kappa shape index (κ2) is 5.35. The van der Waals surface area contributed by atoms with Gasteiger partial charge in [0, 0.05) is 16.3 Å². The Labute approximate surface area is 111 Å². The first-order valence-corrected chi connectivity index (χ1v) is 6.34. The zero-order valence-electron chi connectivity index (χ0n) is 10.5. The summed E-state index contributed by atoms with van der Waals surface area (Å²) in [5.41, 5.74) is 7.24. The van der Waals surface area contributed by atoms with Crippen LogP contribution in [0.15, 0.2) is 18.2 Å². The number of tetrazole rings is 1. The molecule has 0 fully saturated rings. The number of hydrogen-bond donors (Lipinski definition) is 1. The predicted molar refractivity (Wildman–Crippen MR) is 72.3 cm³/mol. The van der Waals surface area contributed by atoms with Gasteiger partial charge in [-0.1, -0.05) is 24.9 Å². The molecule has 6 heteroatoms. The molecular weight excluding hydrogens is 250 g/mol. The van der Waals surface area contributed by atoms with Crippen molar-refractivity contribution in [3.05, 3.63) is 23.2 Å². The van der Waals surface area contributed by atoms with Gasteiger partial charge in [-0.25, -0.2) is 4.68 Å². The first-order valence-electron chi connectivity index (χ1n) is 5.96. The first kappa shape index (κ1) is 12.8. The van der Waals surface area contributed by atoms with Crippen LogP contribution < -0.4 is 5.73 Å². The molecule has 0 aliphatic heterocycles. The molecule has 0 bridgehead atoms. The van der Waals surface area contributed by atoms with Gasteiger partial charge in [-0.15, -0.1) is 5.10 Å². The van der Waals surface area contributed by atoms with Crippen LogP contribution in [-0.4, -0.2) is 20.2 Å². The fraction of sp³-hybridized carbons (Fsp3) is 0.417. The molecule has 0 radical (unpaired) electrons. The zero-order chi connectivity index (χ0) is 13.1. The molecule has 96 valence electrons. The van der Waals surface area contributed by atoms with Crippen LogP contribution in [-0.2, 0) is 0 Å². The Morgan fingerprint density at radius 3 is 2.83 bits per heavy atom. The van der Waals surface area contributed by atoms with Gasteiger partial charge >= 0.3 is 0 Å². The molecule has 2 N–H and O–H groups in total. The molecule has 0 saturated heterocycles. The molecule has 1 aromatic carbocycles. The highest BCUT2D eigenvalue weighted by Crippen LogP contribution is 2.26. The minimum absolute atomic E-state index is 0.250. The smallest absolute Gasteiger partial charge is 0.182 e. The van der Waals surface area contributed by atoms with Crippen molar-refractivity contribution in [1.29, 1.82) is 0 Å². The number of nitrogens with two attached hydrogens (primary N) is 1. The van der Waals surface area contributed by atoms with Crippen LogP contribution in [0, 0.1) is 0 Å².